The molecule has 0 aromatic heterocycles. The van der Waals surface area contributed by atoms with E-state index in [0.717, 1.165) is 0 Å². The molecule has 0 unspecified atom stereocenters. The summed E-state index contributed by atoms with van der Waals surface area (Å²) in [7, 11) is 0.407. The largest absolute Gasteiger partial charge is 0.0748 e. The zero-order valence-corrected chi connectivity index (χ0v) is 6.53. The molecule has 0 aromatic rings. The molecule has 1 fully saturated rings. The molecule has 0 spiro atoms. The Bertz CT molecular complexity index is 48.1. The molecule has 1 heteroatoms. The minimum atomic E-state index is 0.407. The molecule has 0 amide bonds. The van der Waals surface area contributed by atoms with E-state index in [1.165, 1.54) is 12.3 Å². The zero-order valence-electron chi connectivity index (χ0n) is 5.11. The van der Waals surface area contributed by atoms with E-state index in [1.54, 1.807) is 18.9 Å². The maximum atomic E-state index is 2.42. The molecule has 0 aliphatic heterocycles. The van der Waals surface area contributed by atoms with Crippen molar-refractivity contribution in [2.75, 3.05) is 0 Å². The summed E-state index contributed by atoms with van der Waals surface area (Å²) in [5.74, 6) is 1.19. The molecule has 1 rings (SSSR count). The van der Waals surface area contributed by atoms with E-state index < -0.39 is 0 Å². The van der Waals surface area contributed by atoms with Gasteiger partial charge in [-0.15, -0.1) is 0 Å². The molecule has 0 radical (unpaired) electrons. The highest BCUT2D eigenvalue weighted by molar-refractivity contribution is 6.33. The molecule has 0 saturated heterocycles. The van der Waals surface area contributed by atoms with Crippen LogP contribution in [0.3, 0.4) is 0 Å². The Balaban J connectivity index is 1.93. The van der Waals surface area contributed by atoms with E-state index in [0.29, 0.717) is 9.52 Å². The van der Waals surface area contributed by atoms with Crippen LogP contribution in [-0.2, 0) is 0 Å². The fourth-order valence-corrected chi connectivity index (χ4v) is 2.58. The number of hydrogen-bond acceptors (Lipinski definition) is 0. The van der Waals surface area contributed by atoms with Crippen LogP contribution in [0, 0.1) is 5.92 Å². The molecular formula is C6H14Si. The van der Waals surface area contributed by atoms with Crippen molar-refractivity contribution >= 4 is 9.52 Å². The molecule has 0 heterocycles. The molecule has 1 aliphatic carbocycles. The maximum absolute atomic E-state index is 2.42. The van der Waals surface area contributed by atoms with Crippen LogP contribution in [0.4, 0.5) is 0 Å². The lowest BCUT2D eigenvalue weighted by Gasteiger charge is -2.24. The van der Waals surface area contributed by atoms with Crippen LogP contribution >= 0.6 is 0 Å². The summed E-state index contributed by atoms with van der Waals surface area (Å²) >= 11 is 0. The molecule has 0 nitrogen and oxygen atoms in total. The first-order chi connectivity index (χ1) is 3.43. The van der Waals surface area contributed by atoms with Gasteiger partial charge in [-0.3, -0.25) is 0 Å². The molecule has 0 N–H and O–H groups in total. The lowest BCUT2D eigenvalue weighted by molar-refractivity contribution is 0.346. The molecule has 7 heavy (non-hydrogen) atoms. The van der Waals surface area contributed by atoms with Crippen molar-refractivity contribution in [1.82, 2.24) is 0 Å². The number of rotatable bonds is 2. The maximum Gasteiger partial charge on any atom is 0.0169 e. The van der Waals surface area contributed by atoms with Crippen LogP contribution in [0.2, 0.25) is 12.6 Å². The van der Waals surface area contributed by atoms with Crippen LogP contribution in [0.25, 0.3) is 0 Å². The van der Waals surface area contributed by atoms with Crippen molar-refractivity contribution in [3.63, 3.8) is 0 Å². The summed E-state index contributed by atoms with van der Waals surface area (Å²) in [4.78, 5) is 0. The average Bonchev–Trinajstić information content (AvgIpc) is 1.55. The molecule has 0 bridgehead atoms. The third-order valence-corrected chi connectivity index (χ3v) is 3.32. The minimum Gasteiger partial charge on any atom is -0.0748 e. The van der Waals surface area contributed by atoms with E-state index in [4.69, 9.17) is 0 Å². The van der Waals surface area contributed by atoms with Crippen molar-refractivity contribution in [3.05, 3.63) is 0 Å². The fraction of sp³-hybridized carbons (Fsp3) is 1.00. The topological polar surface area (TPSA) is 0 Å². The number of hydrogen-bond donors (Lipinski definition) is 0. The smallest absolute Gasteiger partial charge is 0.0169 e. The van der Waals surface area contributed by atoms with Crippen molar-refractivity contribution in [1.29, 1.82) is 0 Å². The molecule has 0 aromatic carbocycles. The van der Waals surface area contributed by atoms with Crippen LogP contribution in [0.1, 0.15) is 19.3 Å². The van der Waals surface area contributed by atoms with Gasteiger partial charge in [0.25, 0.3) is 0 Å². The molecule has 42 valence electrons. The van der Waals surface area contributed by atoms with Crippen molar-refractivity contribution in [2.45, 2.75) is 31.9 Å². The second-order valence-corrected chi connectivity index (χ2v) is 4.16. The highest BCUT2D eigenvalue weighted by atomic mass is 28.2. The van der Waals surface area contributed by atoms with Gasteiger partial charge in [-0.1, -0.05) is 31.9 Å². The minimum absolute atomic E-state index is 0.407. The third kappa shape index (κ3) is 1.30. The highest BCUT2D eigenvalue weighted by Gasteiger charge is 2.14. The van der Waals surface area contributed by atoms with Crippen LogP contribution < -0.4 is 0 Å². The third-order valence-electron chi connectivity index (χ3n) is 1.92. The lowest BCUT2D eigenvalue weighted by atomic mass is 9.87. The summed E-state index contributed by atoms with van der Waals surface area (Å²) in [5.41, 5.74) is 0. The Morgan fingerprint density at radius 1 is 1.57 bits per heavy atom. The fourth-order valence-electron chi connectivity index (χ4n) is 1.19. The first-order valence-electron chi connectivity index (χ1n) is 3.43. The van der Waals surface area contributed by atoms with Gasteiger partial charge in [-0.05, 0) is 5.92 Å². The monoisotopic (exact) mass is 114 g/mol. The van der Waals surface area contributed by atoms with Crippen LogP contribution in [0.5, 0.6) is 0 Å². The zero-order chi connectivity index (χ0) is 5.11. The van der Waals surface area contributed by atoms with Crippen molar-refractivity contribution in [3.8, 4) is 0 Å². The van der Waals surface area contributed by atoms with Gasteiger partial charge >= 0.3 is 0 Å². The Kier molecular flexibility index (Phi) is 1.92. The Morgan fingerprint density at radius 3 is 2.43 bits per heavy atom. The Morgan fingerprint density at radius 2 is 2.29 bits per heavy atom. The van der Waals surface area contributed by atoms with Gasteiger partial charge in [-0.2, -0.15) is 0 Å². The summed E-state index contributed by atoms with van der Waals surface area (Å²) in [6.45, 7) is 2.42. The van der Waals surface area contributed by atoms with Gasteiger partial charge in [-0.25, -0.2) is 0 Å². The van der Waals surface area contributed by atoms with Gasteiger partial charge in [0.1, 0.15) is 0 Å². The normalized spacial score (nSPS) is 23.6. The van der Waals surface area contributed by atoms with Crippen molar-refractivity contribution < 1.29 is 0 Å². The first-order valence-corrected chi connectivity index (χ1v) is 5.85. The van der Waals surface area contributed by atoms with Crippen LogP contribution in [0.15, 0.2) is 0 Å². The van der Waals surface area contributed by atoms with Gasteiger partial charge in [0.2, 0.25) is 0 Å². The van der Waals surface area contributed by atoms with Gasteiger partial charge in [0, 0.05) is 9.52 Å². The highest BCUT2D eigenvalue weighted by Crippen LogP contribution is 2.29. The van der Waals surface area contributed by atoms with Gasteiger partial charge in [0.05, 0.1) is 0 Å². The second kappa shape index (κ2) is 2.51. The van der Waals surface area contributed by atoms with E-state index >= 15 is 0 Å². The summed E-state index contributed by atoms with van der Waals surface area (Å²) < 4.78 is 0. The van der Waals surface area contributed by atoms with Crippen LogP contribution in [-0.4, -0.2) is 9.52 Å². The predicted molar refractivity (Wildman–Crippen MR) is 36.6 cm³/mol. The van der Waals surface area contributed by atoms with E-state index in [2.05, 4.69) is 6.55 Å². The van der Waals surface area contributed by atoms with Crippen molar-refractivity contribution in [2.24, 2.45) is 5.92 Å². The first kappa shape index (κ1) is 5.36. The standard InChI is InChI=1S/C6H14Si/c1-7-5-6-3-2-4-6/h6H,2-5,7H2,1H3. The summed E-state index contributed by atoms with van der Waals surface area (Å²) in [5, 5.41) is 0. The summed E-state index contributed by atoms with van der Waals surface area (Å²) in [6, 6.07) is 1.62. The summed E-state index contributed by atoms with van der Waals surface area (Å²) in [6.07, 6.45) is 4.64. The van der Waals surface area contributed by atoms with Gasteiger partial charge < -0.3 is 0 Å². The molecular weight excluding hydrogens is 100 g/mol. The average molecular weight is 114 g/mol. The van der Waals surface area contributed by atoms with E-state index in [-0.39, 0.29) is 0 Å². The molecule has 1 saturated carbocycles. The molecule has 0 atom stereocenters. The van der Waals surface area contributed by atoms with Gasteiger partial charge in [0.15, 0.2) is 0 Å². The quantitative estimate of drug-likeness (QED) is 0.476. The van der Waals surface area contributed by atoms with E-state index in [9.17, 15) is 0 Å². The Labute approximate surface area is 48.1 Å². The second-order valence-electron chi connectivity index (χ2n) is 2.59. The predicted octanol–water partition coefficient (Wildman–Crippen LogP) is 1.42. The molecule has 1 aliphatic rings. The Hall–Kier alpha value is 0.217. The van der Waals surface area contributed by atoms with E-state index in [1.807, 2.05) is 0 Å². The lowest BCUT2D eigenvalue weighted by Crippen LogP contribution is -2.11. The SMILES string of the molecule is C[SiH2]CC1CCC1.